The normalized spacial score (nSPS) is 20.9. The van der Waals surface area contributed by atoms with Gasteiger partial charge in [0.15, 0.2) is 0 Å². The molecule has 0 spiro atoms. The van der Waals surface area contributed by atoms with Crippen LogP contribution in [0.4, 0.5) is 4.79 Å². The lowest BCUT2D eigenvalue weighted by atomic mass is 10.0. The summed E-state index contributed by atoms with van der Waals surface area (Å²) in [5.74, 6) is -0.391. The summed E-state index contributed by atoms with van der Waals surface area (Å²) in [6, 6.07) is 9.75. The molecule has 2 heterocycles. The van der Waals surface area contributed by atoms with E-state index in [1.54, 1.807) is 6.92 Å². The third-order valence-corrected chi connectivity index (χ3v) is 5.70. The fourth-order valence-electron chi connectivity index (χ4n) is 4.07. The SMILES string of the molecule is CCOC(=O)C1=C(CN(Cc2ccccc2)C(C)CN2CCOCC2)NC(=O)NC1C. The number of urea groups is 1. The molecular weight excluding hydrogens is 396 g/mol. The minimum Gasteiger partial charge on any atom is -0.463 e. The second-order valence-electron chi connectivity index (χ2n) is 8.09. The van der Waals surface area contributed by atoms with Crippen molar-refractivity contribution >= 4 is 12.0 Å². The van der Waals surface area contributed by atoms with Gasteiger partial charge < -0.3 is 20.1 Å². The van der Waals surface area contributed by atoms with Gasteiger partial charge in [-0.05, 0) is 26.3 Å². The molecule has 0 aromatic heterocycles. The van der Waals surface area contributed by atoms with Crippen molar-refractivity contribution in [2.75, 3.05) is 46.0 Å². The van der Waals surface area contributed by atoms with E-state index in [4.69, 9.17) is 9.47 Å². The van der Waals surface area contributed by atoms with E-state index in [9.17, 15) is 9.59 Å². The van der Waals surface area contributed by atoms with Gasteiger partial charge in [0.05, 0.1) is 31.4 Å². The summed E-state index contributed by atoms with van der Waals surface area (Å²) in [4.78, 5) is 29.5. The van der Waals surface area contributed by atoms with Crippen molar-refractivity contribution in [3.05, 3.63) is 47.2 Å². The number of nitrogens with zero attached hydrogens (tertiary/aromatic N) is 2. The van der Waals surface area contributed by atoms with Crippen molar-refractivity contribution in [1.82, 2.24) is 20.4 Å². The van der Waals surface area contributed by atoms with E-state index in [1.165, 1.54) is 5.56 Å². The van der Waals surface area contributed by atoms with Gasteiger partial charge in [-0.1, -0.05) is 30.3 Å². The number of hydrogen-bond donors (Lipinski definition) is 2. The third-order valence-electron chi connectivity index (χ3n) is 5.70. The predicted octanol–water partition coefficient (Wildman–Crippen LogP) is 1.73. The number of hydrogen-bond acceptors (Lipinski definition) is 6. The van der Waals surface area contributed by atoms with Gasteiger partial charge in [-0.25, -0.2) is 9.59 Å². The van der Waals surface area contributed by atoms with E-state index >= 15 is 0 Å². The Bertz CT molecular complexity index is 777. The number of morpholine rings is 1. The van der Waals surface area contributed by atoms with Crippen LogP contribution in [0, 0.1) is 0 Å². The highest BCUT2D eigenvalue weighted by atomic mass is 16.5. The molecule has 1 fully saturated rings. The molecule has 8 heteroatoms. The van der Waals surface area contributed by atoms with E-state index in [0.717, 1.165) is 32.8 Å². The fraction of sp³-hybridized carbons (Fsp3) is 0.565. The van der Waals surface area contributed by atoms with Crippen LogP contribution >= 0.6 is 0 Å². The number of ether oxygens (including phenoxy) is 2. The van der Waals surface area contributed by atoms with Gasteiger partial charge in [0, 0.05) is 44.5 Å². The molecular formula is C23H34N4O4. The van der Waals surface area contributed by atoms with E-state index < -0.39 is 12.0 Å². The molecule has 8 nitrogen and oxygen atoms in total. The van der Waals surface area contributed by atoms with Crippen LogP contribution < -0.4 is 10.6 Å². The zero-order valence-corrected chi connectivity index (χ0v) is 18.7. The molecule has 2 aliphatic heterocycles. The second kappa shape index (κ2) is 11.3. The van der Waals surface area contributed by atoms with Gasteiger partial charge in [0.1, 0.15) is 0 Å². The highest BCUT2D eigenvalue weighted by molar-refractivity contribution is 5.94. The summed E-state index contributed by atoms with van der Waals surface area (Å²) < 4.78 is 10.7. The van der Waals surface area contributed by atoms with Crippen LogP contribution in [0.15, 0.2) is 41.6 Å². The molecule has 1 saturated heterocycles. The first-order valence-electron chi connectivity index (χ1n) is 11.0. The van der Waals surface area contributed by atoms with Crippen LogP contribution in [0.5, 0.6) is 0 Å². The monoisotopic (exact) mass is 430 g/mol. The average Bonchev–Trinajstić information content (AvgIpc) is 2.74. The largest absolute Gasteiger partial charge is 0.463 e. The van der Waals surface area contributed by atoms with E-state index in [-0.39, 0.29) is 18.7 Å². The molecule has 2 amide bonds. The highest BCUT2D eigenvalue weighted by Crippen LogP contribution is 2.19. The lowest BCUT2D eigenvalue weighted by Gasteiger charge is -2.37. The summed E-state index contributed by atoms with van der Waals surface area (Å²) in [6.45, 7) is 11.5. The summed E-state index contributed by atoms with van der Waals surface area (Å²) in [7, 11) is 0. The van der Waals surface area contributed by atoms with Crippen molar-refractivity contribution in [1.29, 1.82) is 0 Å². The molecule has 1 aromatic rings. The first kappa shape index (κ1) is 23.2. The molecule has 2 atom stereocenters. The maximum Gasteiger partial charge on any atom is 0.337 e. The lowest BCUT2D eigenvalue weighted by Crippen LogP contribution is -2.53. The number of nitrogens with one attached hydrogen (secondary N) is 2. The molecule has 170 valence electrons. The zero-order chi connectivity index (χ0) is 22.2. The average molecular weight is 431 g/mol. The Morgan fingerprint density at radius 2 is 1.97 bits per heavy atom. The molecule has 0 saturated carbocycles. The molecule has 0 radical (unpaired) electrons. The summed E-state index contributed by atoms with van der Waals surface area (Å²) in [5.41, 5.74) is 2.28. The van der Waals surface area contributed by atoms with E-state index in [1.807, 2.05) is 25.1 Å². The molecule has 3 rings (SSSR count). The summed E-state index contributed by atoms with van der Waals surface area (Å²) in [6.07, 6.45) is 0. The predicted molar refractivity (Wildman–Crippen MR) is 118 cm³/mol. The van der Waals surface area contributed by atoms with Crippen molar-refractivity contribution in [2.45, 2.75) is 39.4 Å². The van der Waals surface area contributed by atoms with Crippen molar-refractivity contribution in [3.63, 3.8) is 0 Å². The molecule has 2 unspecified atom stereocenters. The van der Waals surface area contributed by atoms with Gasteiger partial charge in [0.25, 0.3) is 0 Å². The molecule has 1 aromatic carbocycles. The van der Waals surface area contributed by atoms with Gasteiger partial charge in [-0.15, -0.1) is 0 Å². The van der Waals surface area contributed by atoms with Gasteiger partial charge in [-0.2, -0.15) is 0 Å². The Hall–Kier alpha value is -2.42. The van der Waals surface area contributed by atoms with E-state index in [2.05, 4.69) is 39.5 Å². The molecule has 2 aliphatic rings. The quantitative estimate of drug-likeness (QED) is 0.581. The second-order valence-corrected chi connectivity index (χ2v) is 8.09. The van der Waals surface area contributed by atoms with Crippen LogP contribution in [-0.2, 0) is 20.8 Å². The minimum atomic E-state index is -0.407. The molecule has 2 N–H and O–H groups in total. The Kier molecular flexibility index (Phi) is 8.45. The third kappa shape index (κ3) is 6.53. The van der Waals surface area contributed by atoms with Crippen molar-refractivity contribution in [2.24, 2.45) is 0 Å². The lowest BCUT2D eigenvalue weighted by molar-refractivity contribution is -0.139. The van der Waals surface area contributed by atoms with Crippen molar-refractivity contribution in [3.8, 4) is 0 Å². The smallest absolute Gasteiger partial charge is 0.337 e. The Morgan fingerprint density at radius 1 is 1.26 bits per heavy atom. The molecule has 0 aliphatic carbocycles. The minimum absolute atomic E-state index is 0.205. The fourth-order valence-corrected chi connectivity index (χ4v) is 4.07. The number of carbonyl (C=O) groups excluding carboxylic acids is 2. The molecule has 0 bridgehead atoms. The summed E-state index contributed by atoms with van der Waals surface area (Å²) >= 11 is 0. The van der Waals surface area contributed by atoms with Gasteiger partial charge in [0.2, 0.25) is 0 Å². The summed E-state index contributed by atoms with van der Waals surface area (Å²) in [5, 5.41) is 5.63. The van der Waals surface area contributed by atoms with Crippen LogP contribution in [0.3, 0.4) is 0 Å². The van der Waals surface area contributed by atoms with Gasteiger partial charge >= 0.3 is 12.0 Å². The number of benzene rings is 1. The maximum atomic E-state index is 12.6. The van der Waals surface area contributed by atoms with Crippen LogP contribution in [0.25, 0.3) is 0 Å². The van der Waals surface area contributed by atoms with Crippen LogP contribution in [0.1, 0.15) is 26.3 Å². The number of amides is 2. The standard InChI is InChI=1S/C23H34N4O4/c1-4-31-22(28)21-18(3)24-23(29)25-20(21)16-27(15-19-8-6-5-7-9-19)17(2)14-26-10-12-30-13-11-26/h5-9,17-18H,4,10-16H2,1-3H3,(H2,24,25,29). The topological polar surface area (TPSA) is 83.1 Å². The zero-order valence-electron chi connectivity index (χ0n) is 18.7. The van der Waals surface area contributed by atoms with Crippen LogP contribution in [0.2, 0.25) is 0 Å². The number of rotatable bonds is 9. The highest BCUT2D eigenvalue weighted by Gasteiger charge is 2.31. The molecule has 31 heavy (non-hydrogen) atoms. The Morgan fingerprint density at radius 3 is 2.65 bits per heavy atom. The number of carbonyl (C=O) groups is 2. The van der Waals surface area contributed by atoms with Crippen LogP contribution in [-0.4, -0.2) is 79.9 Å². The first-order chi connectivity index (χ1) is 15.0. The van der Waals surface area contributed by atoms with Crippen molar-refractivity contribution < 1.29 is 19.1 Å². The first-order valence-corrected chi connectivity index (χ1v) is 11.0. The Balaban J connectivity index is 1.84. The van der Waals surface area contributed by atoms with E-state index in [0.29, 0.717) is 24.4 Å². The Labute approximate surface area is 184 Å². The maximum absolute atomic E-state index is 12.6. The van der Waals surface area contributed by atoms with Gasteiger partial charge in [-0.3, -0.25) is 9.80 Å². The number of esters is 1.